The van der Waals surface area contributed by atoms with E-state index in [9.17, 15) is 8.42 Å². The minimum Gasteiger partial charge on any atom is -0.212 e. The molecule has 0 bridgehead atoms. The van der Waals surface area contributed by atoms with E-state index in [1.807, 2.05) is 31.2 Å². The molecule has 3 nitrogen and oxygen atoms in total. The Hall–Kier alpha value is -0.580. The summed E-state index contributed by atoms with van der Waals surface area (Å²) in [7, 11) is -3.22. The molecule has 0 radical (unpaired) electrons. The number of hydrogen-bond donors (Lipinski definition) is 0. The third kappa shape index (κ3) is 2.71. The van der Waals surface area contributed by atoms with Crippen molar-refractivity contribution in [3.05, 3.63) is 35.4 Å². The molecule has 1 atom stereocenters. The Morgan fingerprint density at radius 2 is 2.11 bits per heavy atom. The van der Waals surface area contributed by atoms with E-state index in [0.29, 0.717) is 6.54 Å². The quantitative estimate of drug-likeness (QED) is 0.799. The van der Waals surface area contributed by atoms with Crippen LogP contribution in [-0.2, 0) is 10.0 Å². The van der Waals surface area contributed by atoms with Gasteiger partial charge in [-0.3, -0.25) is 0 Å². The molecule has 0 aliphatic carbocycles. The maximum Gasteiger partial charge on any atom is 0.215 e. The molecule has 18 heavy (non-hydrogen) atoms. The highest BCUT2D eigenvalue weighted by molar-refractivity contribution is 7.89. The van der Waals surface area contributed by atoms with Crippen LogP contribution in [0.25, 0.3) is 0 Å². The van der Waals surface area contributed by atoms with Crippen LogP contribution in [0.15, 0.2) is 24.3 Å². The minimum absolute atomic E-state index is 0.0144. The van der Waals surface area contributed by atoms with E-state index in [1.165, 1.54) is 0 Å². The molecule has 0 aromatic heterocycles. The van der Waals surface area contributed by atoms with Crippen LogP contribution in [-0.4, -0.2) is 30.9 Å². The molecular weight excluding hydrogens is 270 g/mol. The number of aryl methyl sites for hydroxylation is 1. The van der Waals surface area contributed by atoms with Gasteiger partial charge in [-0.1, -0.05) is 24.3 Å². The fourth-order valence-corrected chi connectivity index (χ4v) is 4.59. The predicted octanol–water partition coefficient (Wildman–Crippen LogP) is 2.70. The lowest BCUT2D eigenvalue weighted by molar-refractivity contribution is 0.396. The lowest BCUT2D eigenvalue weighted by Crippen LogP contribution is -2.33. The van der Waals surface area contributed by atoms with Gasteiger partial charge in [0.1, 0.15) is 0 Å². The molecule has 1 saturated heterocycles. The third-order valence-electron chi connectivity index (χ3n) is 3.44. The average Bonchev–Trinajstić information content (AvgIpc) is 2.79. The van der Waals surface area contributed by atoms with Crippen LogP contribution >= 0.6 is 11.6 Å². The summed E-state index contributed by atoms with van der Waals surface area (Å²) in [5.41, 5.74) is 2.27. The van der Waals surface area contributed by atoms with Gasteiger partial charge in [-0.15, -0.1) is 11.6 Å². The zero-order valence-corrected chi connectivity index (χ0v) is 12.0. The second-order valence-electron chi connectivity index (χ2n) is 4.63. The average molecular weight is 288 g/mol. The van der Waals surface area contributed by atoms with Crippen LogP contribution in [0, 0.1) is 6.92 Å². The van der Waals surface area contributed by atoms with E-state index < -0.39 is 10.0 Å². The standard InChI is InChI=1S/C13H18ClNO2S/c1-11-5-2-3-6-12(11)13-7-4-9-15(13)18(16,17)10-8-14/h2-3,5-6,13H,4,7-10H2,1H3. The summed E-state index contributed by atoms with van der Waals surface area (Å²) in [4.78, 5) is 0. The number of hydrogen-bond acceptors (Lipinski definition) is 2. The molecule has 1 aromatic rings. The van der Waals surface area contributed by atoms with Crippen LogP contribution in [0.1, 0.15) is 30.0 Å². The van der Waals surface area contributed by atoms with Crippen molar-refractivity contribution in [1.29, 1.82) is 0 Å². The summed E-state index contributed by atoms with van der Waals surface area (Å²) in [6, 6.07) is 7.98. The molecule has 0 spiro atoms. The molecule has 1 heterocycles. The maximum atomic E-state index is 12.2. The number of rotatable bonds is 4. The van der Waals surface area contributed by atoms with Crippen LogP contribution in [0.2, 0.25) is 0 Å². The minimum atomic E-state index is -3.22. The van der Waals surface area contributed by atoms with E-state index in [-0.39, 0.29) is 17.7 Å². The smallest absolute Gasteiger partial charge is 0.212 e. The Kier molecular flexibility index (Phi) is 4.30. The zero-order valence-electron chi connectivity index (χ0n) is 10.5. The topological polar surface area (TPSA) is 37.4 Å². The second kappa shape index (κ2) is 5.59. The predicted molar refractivity (Wildman–Crippen MR) is 74.4 cm³/mol. The van der Waals surface area contributed by atoms with Gasteiger partial charge < -0.3 is 0 Å². The van der Waals surface area contributed by atoms with Gasteiger partial charge in [-0.25, -0.2) is 8.42 Å². The highest BCUT2D eigenvalue weighted by Crippen LogP contribution is 2.35. The summed E-state index contributed by atoms with van der Waals surface area (Å²) in [6.45, 7) is 2.64. The van der Waals surface area contributed by atoms with Gasteiger partial charge in [-0.05, 0) is 30.9 Å². The van der Waals surface area contributed by atoms with Gasteiger partial charge >= 0.3 is 0 Å². The molecule has 1 aliphatic rings. The van der Waals surface area contributed by atoms with Crippen molar-refractivity contribution in [3.8, 4) is 0 Å². The van der Waals surface area contributed by atoms with Crippen molar-refractivity contribution in [2.24, 2.45) is 0 Å². The first-order valence-corrected chi connectivity index (χ1v) is 8.31. The molecule has 0 amide bonds. The lowest BCUT2D eigenvalue weighted by Gasteiger charge is -2.25. The van der Waals surface area contributed by atoms with Crippen LogP contribution in [0.4, 0.5) is 0 Å². The van der Waals surface area contributed by atoms with E-state index in [4.69, 9.17) is 11.6 Å². The third-order valence-corrected chi connectivity index (χ3v) is 5.73. The van der Waals surface area contributed by atoms with Gasteiger partial charge in [0, 0.05) is 18.5 Å². The summed E-state index contributed by atoms with van der Waals surface area (Å²) in [5.74, 6) is 0.177. The molecular formula is C13H18ClNO2S. The Labute approximate surface area is 114 Å². The fraction of sp³-hybridized carbons (Fsp3) is 0.538. The zero-order chi connectivity index (χ0) is 13.2. The first-order chi connectivity index (χ1) is 8.56. The SMILES string of the molecule is Cc1ccccc1C1CCCN1S(=O)(=O)CCCl. The Morgan fingerprint density at radius 3 is 2.78 bits per heavy atom. The van der Waals surface area contributed by atoms with Crippen LogP contribution in [0.3, 0.4) is 0 Å². The highest BCUT2D eigenvalue weighted by Gasteiger charge is 2.35. The summed E-state index contributed by atoms with van der Waals surface area (Å²) in [6.07, 6.45) is 1.81. The number of sulfonamides is 1. The van der Waals surface area contributed by atoms with Crippen molar-refractivity contribution in [3.63, 3.8) is 0 Å². The van der Waals surface area contributed by atoms with Gasteiger partial charge in [0.05, 0.1) is 5.75 Å². The molecule has 5 heteroatoms. The van der Waals surface area contributed by atoms with Gasteiger partial charge in [-0.2, -0.15) is 4.31 Å². The maximum absolute atomic E-state index is 12.2. The first-order valence-electron chi connectivity index (χ1n) is 6.17. The summed E-state index contributed by atoms with van der Waals surface area (Å²) >= 11 is 5.58. The van der Waals surface area contributed by atoms with E-state index >= 15 is 0 Å². The second-order valence-corrected chi connectivity index (χ2v) is 7.05. The normalized spacial score (nSPS) is 21.3. The monoisotopic (exact) mass is 287 g/mol. The number of halogens is 1. The Bertz CT molecular complexity index is 515. The van der Waals surface area contributed by atoms with Gasteiger partial charge in [0.25, 0.3) is 0 Å². The van der Waals surface area contributed by atoms with Crippen molar-refractivity contribution < 1.29 is 8.42 Å². The first kappa shape index (κ1) is 13.8. The highest BCUT2D eigenvalue weighted by atomic mass is 35.5. The van der Waals surface area contributed by atoms with Gasteiger partial charge in [0.2, 0.25) is 10.0 Å². The van der Waals surface area contributed by atoms with Crippen LogP contribution in [0.5, 0.6) is 0 Å². The molecule has 1 unspecified atom stereocenters. The molecule has 1 fully saturated rings. The molecule has 2 rings (SSSR count). The number of benzene rings is 1. The van der Waals surface area contributed by atoms with E-state index in [2.05, 4.69) is 0 Å². The van der Waals surface area contributed by atoms with Crippen LogP contribution < -0.4 is 0 Å². The van der Waals surface area contributed by atoms with E-state index in [0.717, 1.165) is 24.0 Å². The summed E-state index contributed by atoms with van der Waals surface area (Å²) < 4.78 is 26.0. The summed E-state index contributed by atoms with van der Waals surface area (Å²) in [5, 5.41) is 0. The number of nitrogens with zero attached hydrogens (tertiary/aromatic N) is 1. The van der Waals surface area contributed by atoms with Crippen molar-refractivity contribution in [2.75, 3.05) is 18.2 Å². The largest absolute Gasteiger partial charge is 0.215 e. The van der Waals surface area contributed by atoms with E-state index in [1.54, 1.807) is 4.31 Å². The number of alkyl halides is 1. The molecule has 0 saturated carbocycles. The molecule has 1 aromatic carbocycles. The Balaban J connectivity index is 2.31. The molecule has 100 valence electrons. The molecule has 0 N–H and O–H groups in total. The van der Waals surface area contributed by atoms with Crippen molar-refractivity contribution >= 4 is 21.6 Å². The van der Waals surface area contributed by atoms with Gasteiger partial charge in [0.15, 0.2) is 0 Å². The Morgan fingerprint density at radius 1 is 1.39 bits per heavy atom. The van der Waals surface area contributed by atoms with Crippen molar-refractivity contribution in [2.45, 2.75) is 25.8 Å². The fourth-order valence-electron chi connectivity index (χ4n) is 2.56. The molecule has 1 aliphatic heterocycles. The lowest BCUT2D eigenvalue weighted by atomic mass is 10.0. The van der Waals surface area contributed by atoms with Crippen molar-refractivity contribution in [1.82, 2.24) is 4.31 Å².